The van der Waals surface area contributed by atoms with E-state index in [1.165, 1.54) is 0 Å². The zero-order chi connectivity index (χ0) is 6.10. The quantitative estimate of drug-likeness (QED) is 0.338. The molecule has 1 heterocycles. The van der Waals surface area contributed by atoms with E-state index in [1.807, 2.05) is 24.3 Å². The van der Waals surface area contributed by atoms with E-state index in [0.29, 0.717) is 0 Å². The summed E-state index contributed by atoms with van der Waals surface area (Å²) in [5, 5.41) is 0. The van der Waals surface area contributed by atoms with Gasteiger partial charge in [-0.25, -0.2) is 4.99 Å². The minimum absolute atomic E-state index is 0. The molecule has 0 spiro atoms. The molecular weight excluding hydrogens is 119 g/mol. The smallest absolute Gasteiger partial charge is 1.00 e. The molecule has 0 aromatic heterocycles. The molecule has 2 nitrogen and oxygen atoms in total. The zero-order valence-electron chi connectivity index (χ0n) is 6.86. The predicted molar refractivity (Wildman–Crippen MR) is 39.1 cm³/mol. The third-order valence-corrected chi connectivity index (χ3v) is 1.41. The van der Waals surface area contributed by atoms with E-state index >= 15 is 0 Å². The van der Waals surface area contributed by atoms with Crippen molar-refractivity contribution < 1.29 is 20.3 Å². The van der Waals surface area contributed by atoms with E-state index < -0.39 is 0 Å². The molecule has 3 heteroatoms. The molecule has 2 rings (SSSR count). The molecule has 0 saturated heterocycles. The van der Waals surface area contributed by atoms with Crippen LogP contribution in [-0.4, -0.2) is 18.1 Å². The van der Waals surface area contributed by atoms with E-state index in [1.54, 1.807) is 6.34 Å². The molecule has 1 aliphatic heterocycles. The Hall–Kier alpha value is -0.583. The van der Waals surface area contributed by atoms with Gasteiger partial charge >= 0.3 is 18.9 Å². The Bertz CT molecular complexity index is 243. The summed E-state index contributed by atoms with van der Waals surface area (Å²) < 4.78 is 0. The van der Waals surface area contributed by atoms with Crippen molar-refractivity contribution in [1.29, 1.82) is 0 Å². The van der Waals surface area contributed by atoms with Gasteiger partial charge in [0.1, 0.15) is 12.4 Å². The molecule has 0 N–H and O–H groups in total. The molecule has 0 fully saturated rings. The van der Waals surface area contributed by atoms with Crippen molar-refractivity contribution in [3.63, 3.8) is 0 Å². The van der Waals surface area contributed by atoms with Gasteiger partial charge in [0.15, 0.2) is 0 Å². The van der Waals surface area contributed by atoms with Gasteiger partial charge in [0, 0.05) is 0 Å². The molecule has 1 aliphatic carbocycles. The molecule has 0 radical (unpaired) electrons. The molecular formula is C7H7LiN2. The van der Waals surface area contributed by atoms with Gasteiger partial charge in [-0.3, -0.25) is 4.99 Å². The number of aliphatic imine (C=N–C) groups is 2. The van der Waals surface area contributed by atoms with E-state index in [0.717, 1.165) is 5.71 Å². The first-order valence-electron chi connectivity index (χ1n) is 2.91. The summed E-state index contributed by atoms with van der Waals surface area (Å²) >= 11 is 0. The molecule has 1 atom stereocenters. The Balaban J connectivity index is 0.000000500. The summed E-state index contributed by atoms with van der Waals surface area (Å²) in [4.78, 5) is 8.14. The van der Waals surface area contributed by atoms with Crippen LogP contribution in [0.1, 0.15) is 1.43 Å². The first-order valence-corrected chi connectivity index (χ1v) is 2.91. The molecule has 0 saturated carbocycles. The number of rotatable bonds is 0. The van der Waals surface area contributed by atoms with Crippen LogP contribution in [0.4, 0.5) is 0 Å². The first-order chi connectivity index (χ1) is 4.47. The molecule has 1 unspecified atom stereocenters. The molecule has 46 valence electrons. The largest absolute Gasteiger partial charge is 1.00 e. The zero-order valence-corrected chi connectivity index (χ0v) is 5.86. The maximum atomic E-state index is 4.09. The number of fused-ring (bicyclic) bond motifs is 1. The fraction of sp³-hybridized carbons (Fsp3) is 0.143. The van der Waals surface area contributed by atoms with E-state index in [9.17, 15) is 0 Å². The average Bonchev–Trinajstić information content (AvgIpc) is 2.33. The van der Waals surface area contributed by atoms with E-state index in [2.05, 4.69) is 9.98 Å². The molecule has 0 bridgehead atoms. The SMILES string of the molecule is C1=CC2=NC=NC2C=C1.[H-].[Li+]. The third kappa shape index (κ3) is 1.13. The molecule has 2 aliphatic rings. The van der Waals surface area contributed by atoms with Gasteiger partial charge in [-0.05, 0) is 6.08 Å². The minimum atomic E-state index is 0. The van der Waals surface area contributed by atoms with Crippen molar-refractivity contribution in [1.82, 2.24) is 0 Å². The molecule has 10 heavy (non-hydrogen) atoms. The van der Waals surface area contributed by atoms with Gasteiger partial charge in [0.2, 0.25) is 0 Å². The normalized spacial score (nSPS) is 25.6. The van der Waals surface area contributed by atoms with Gasteiger partial charge in [0.05, 0.1) is 5.71 Å². The monoisotopic (exact) mass is 126 g/mol. The van der Waals surface area contributed by atoms with Crippen molar-refractivity contribution in [2.24, 2.45) is 9.98 Å². The fourth-order valence-electron chi connectivity index (χ4n) is 0.938. The van der Waals surface area contributed by atoms with Gasteiger partial charge < -0.3 is 1.43 Å². The van der Waals surface area contributed by atoms with Gasteiger partial charge in [0.25, 0.3) is 0 Å². The number of hydrogen-bond acceptors (Lipinski definition) is 2. The van der Waals surface area contributed by atoms with E-state index in [4.69, 9.17) is 0 Å². The Morgan fingerprint density at radius 1 is 1.40 bits per heavy atom. The number of nitrogens with zero attached hydrogens (tertiary/aromatic N) is 2. The van der Waals surface area contributed by atoms with Gasteiger partial charge in [-0.15, -0.1) is 0 Å². The second-order valence-electron chi connectivity index (χ2n) is 2.01. The Kier molecular flexibility index (Phi) is 2.26. The van der Waals surface area contributed by atoms with Gasteiger partial charge in [-0.2, -0.15) is 0 Å². The first kappa shape index (κ1) is 7.52. The van der Waals surface area contributed by atoms with Crippen LogP contribution in [0.5, 0.6) is 0 Å². The van der Waals surface area contributed by atoms with Crippen LogP contribution in [0, 0.1) is 0 Å². The fourth-order valence-corrected chi connectivity index (χ4v) is 0.938. The molecule has 0 aromatic rings. The van der Waals surface area contributed by atoms with Gasteiger partial charge in [-0.1, -0.05) is 18.2 Å². The van der Waals surface area contributed by atoms with Crippen LogP contribution in [0.2, 0.25) is 0 Å². The third-order valence-electron chi connectivity index (χ3n) is 1.41. The number of hydrogen-bond donors (Lipinski definition) is 0. The van der Waals surface area contributed by atoms with Crippen molar-refractivity contribution in [2.75, 3.05) is 0 Å². The number of allylic oxidation sites excluding steroid dienone is 2. The molecule has 0 amide bonds. The minimum Gasteiger partial charge on any atom is -1.00 e. The van der Waals surface area contributed by atoms with Crippen molar-refractivity contribution in [3.05, 3.63) is 24.3 Å². The average molecular weight is 126 g/mol. The van der Waals surface area contributed by atoms with Crippen molar-refractivity contribution in [3.8, 4) is 0 Å². The van der Waals surface area contributed by atoms with Crippen LogP contribution >= 0.6 is 0 Å². The topological polar surface area (TPSA) is 24.7 Å². The van der Waals surface area contributed by atoms with Crippen LogP contribution in [0.25, 0.3) is 0 Å². The maximum Gasteiger partial charge on any atom is 1.00 e. The summed E-state index contributed by atoms with van der Waals surface area (Å²) in [5.74, 6) is 0. The molecule has 0 aromatic carbocycles. The second kappa shape index (κ2) is 3.00. The van der Waals surface area contributed by atoms with E-state index in [-0.39, 0.29) is 26.3 Å². The Morgan fingerprint density at radius 2 is 2.30 bits per heavy atom. The summed E-state index contributed by atoms with van der Waals surface area (Å²) in [6.45, 7) is 0. The summed E-state index contributed by atoms with van der Waals surface area (Å²) in [5.41, 5.74) is 1.05. The Labute approximate surface area is 73.1 Å². The summed E-state index contributed by atoms with van der Waals surface area (Å²) in [6.07, 6.45) is 9.59. The van der Waals surface area contributed by atoms with Crippen molar-refractivity contribution >= 4 is 12.1 Å². The van der Waals surface area contributed by atoms with Crippen LogP contribution in [0.3, 0.4) is 0 Å². The Morgan fingerprint density at radius 3 is 3.10 bits per heavy atom. The van der Waals surface area contributed by atoms with Crippen molar-refractivity contribution in [2.45, 2.75) is 6.04 Å². The predicted octanol–water partition coefficient (Wildman–Crippen LogP) is -1.92. The second-order valence-corrected chi connectivity index (χ2v) is 2.01. The van der Waals surface area contributed by atoms with Crippen LogP contribution in [-0.2, 0) is 0 Å². The maximum absolute atomic E-state index is 4.09. The van der Waals surface area contributed by atoms with Crippen LogP contribution in [0.15, 0.2) is 34.3 Å². The summed E-state index contributed by atoms with van der Waals surface area (Å²) in [6, 6.07) is 0.218. The summed E-state index contributed by atoms with van der Waals surface area (Å²) in [7, 11) is 0. The van der Waals surface area contributed by atoms with Crippen LogP contribution < -0.4 is 18.9 Å². The standard InChI is InChI=1S/C7H6N2.Li.H/c1-2-4-7-6(3-1)8-5-9-7;;/h1-6H;;/q;+1;-1.